The van der Waals surface area contributed by atoms with Crippen LogP contribution in [0.1, 0.15) is 9.67 Å². The maximum atomic E-state index is 10.6. The van der Waals surface area contributed by atoms with Crippen LogP contribution in [0.4, 0.5) is 0 Å². The summed E-state index contributed by atoms with van der Waals surface area (Å²) in [5.41, 5.74) is 0. The first-order valence-electron chi connectivity index (χ1n) is 2.24. The first-order valence-corrected chi connectivity index (χ1v) is 3.01. The molecule has 0 aliphatic carbocycles. The Bertz CT molecular complexity index is 275. The Labute approximate surface area is 59.6 Å². The van der Waals surface area contributed by atoms with E-state index in [-0.39, 0.29) is 4.88 Å². The Hall–Kier alpha value is -1.39. The van der Waals surface area contributed by atoms with Gasteiger partial charge in [-0.3, -0.25) is 4.79 Å². The quantitative estimate of drug-likeness (QED) is 0.423. The molecule has 0 fully saturated rings. The second-order valence-electron chi connectivity index (χ2n) is 1.29. The SMILES string of the molecule is O=C=NC(=O)c1cnns1. The Balaban J connectivity index is 2.87. The summed E-state index contributed by atoms with van der Waals surface area (Å²) in [6.07, 6.45) is 2.38. The van der Waals surface area contributed by atoms with Crippen LogP contribution in [0.3, 0.4) is 0 Å². The van der Waals surface area contributed by atoms with E-state index in [0.29, 0.717) is 0 Å². The highest BCUT2D eigenvalue weighted by molar-refractivity contribution is 7.07. The molecule has 0 aliphatic heterocycles. The van der Waals surface area contributed by atoms with Gasteiger partial charge < -0.3 is 0 Å². The van der Waals surface area contributed by atoms with Crippen molar-refractivity contribution in [2.75, 3.05) is 0 Å². The summed E-state index contributed by atoms with van der Waals surface area (Å²) in [6, 6.07) is 0. The van der Waals surface area contributed by atoms with Gasteiger partial charge in [0.2, 0.25) is 6.08 Å². The third-order valence-corrected chi connectivity index (χ3v) is 1.37. The highest BCUT2D eigenvalue weighted by Crippen LogP contribution is 2.02. The number of aliphatic imine (C=N–C) groups is 1. The summed E-state index contributed by atoms with van der Waals surface area (Å²) in [7, 11) is 0. The van der Waals surface area contributed by atoms with Crippen molar-refractivity contribution in [3.63, 3.8) is 0 Å². The van der Waals surface area contributed by atoms with Gasteiger partial charge in [0.05, 0.1) is 6.20 Å². The van der Waals surface area contributed by atoms with Crippen molar-refractivity contribution < 1.29 is 9.59 Å². The fraction of sp³-hybridized carbons (Fsp3) is 0. The van der Waals surface area contributed by atoms with E-state index in [9.17, 15) is 9.59 Å². The summed E-state index contributed by atoms with van der Waals surface area (Å²) >= 11 is 0.888. The van der Waals surface area contributed by atoms with E-state index in [1.807, 2.05) is 0 Å². The van der Waals surface area contributed by atoms with Gasteiger partial charge >= 0.3 is 5.91 Å². The van der Waals surface area contributed by atoms with Crippen LogP contribution < -0.4 is 0 Å². The fourth-order valence-corrected chi connectivity index (χ4v) is 0.758. The van der Waals surface area contributed by atoms with Crippen molar-refractivity contribution in [1.82, 2.24) is 9.59 Å². The van der Waals surface area contributed by atoms with Crippen LogP contribution in [0.5, 0.6) is 0 Å². The van der Waals surface area contributed by atoms with Gasteiger partial charge in [-0.2, -0.15) is 0 Å². The molecule has 0 atom stereocenters. The molecule has 0 saturated carbocycles. The highest BCUT2D eigenvalue weighted by Gasteiger charge is 2.04. The summed E-state index contributed by atoms with van der Waals surface area (Å²) in [5.74, 6) is -0.648. The number of amides is 1. The second-order valence-corrected chi connectivity index (χ2v) is 2.08. The van der Waals surface area contributed by atoms with Crippen LogP contribution in [-0.2, 0) is 4.79 Å². The number of rotatable bonds is 1. The van der Waals surface area contributed by atoms with Crippen LogP contribution in [0, 0.1) is 0 Å². The standard InChI is InChI=1S/C4HN3O2S/c8-2-5-4(9)3-1-6-7-10-3/h1H. The minimum absolute atomic E-state index is 0.239. The molecule has 5 nitrogen and oxygen atoms in total. The molecule has 6 heteroatoms. The van der Waals surface area contributed by atoms with Gasteiger partial charge in [-0.1, -0.05) is 4.49 Å². The summed E-state index contributed by atoms with van der Waals surface area (Å²) in [4.78, 5) is 23.3. The van der Waals surface area contributed by atoms with Crippen LogP contribution in [0.25, 0.3) is 0 Å². The van der Waals surface area contributed by atoms with E-state index >= 15 is 0 Å². The number of nitrogens with zero attached hydrogens (tertiary/aromatic N) is 3. The molecule has 0 aromatic carbocycles. The predicted molar refractivity (Wildman–Crippen MR) is 32.4 cm³/mol. The van der Waals surface area contributed by atoms with Crippen LogP contribution in [0.15, 0.2) is 11.2 Å². The van der Waals surface area contributed by atoms with E-state index in [0.717, 1.165) is 17.6 Å². The van der Waals surface area contributed by atoms with Gasteiger partial charge in [0.15, 0.2) is 0 Å². The zero-order chi connectivity index (χ0) is 7.40. The molecule has 0 saturated heterocycles. The topological polar surface area (TPSA) is 72.3 Å². The first-order chi connectivity index (χ1) is 4.84. The lowest BCUT2D eigenvalue weighted by Crippen LogP contribution is -1.88. The molecule has 0 N–H and O–H groups in total. The average Bonchev–Trinajstić information content (AvgIpc) is 2.38. The van der Waals surface area contributed by atoms with E-state index < -0.39 is 5.91 Å². The Morgan fingerprint density at radius 3 is 3.10 bits per heavy atom. The molecule has 50 valence electrons. The molecule has 1 rings (SSSR count). The third kappa shape index (κ3) is 1.31. The molecule has 0 bridgehead atoms. The van der Waals surface area contributed by atoms with Crippen molar-refractivity contribution in [3.8, 4) is 0 Å². The smallest absolute Gasteiger partial charge is 0.265 e. The van der Waals surface area contributed by atoms with Crippen molar-refractivity contribution in [2.24, 2.45) is 4.99 Å². The molecule has 0 unspecified atom stereocenters. The third-order valence-electron chi connectivity index (χ3n) is 0.719. The molecule has 0 radical (unpaired) electrons. The summed E-state index contributed by atoms with van der Waals surface area (Å²) in [5, 5.41) is 3.38. The van der Waals surface area contributed by atoms with E-state index in [1.165, 1.54) is 6.20 Å². The number of hydrogen-bond donors (Lipinski definition) is 0. The van der Waals surface area contributed by atoms with Crippen molar-refractivity contribution in [2.45, 2.75) is 0 Å². The summed E-state index contributed by atoms with van der Waals surface area (Å²) in [6.45, 7) is 0. The molecule has 1 aromatic heterocycles. The molecule has 0 spiro atoms. The van der Waals surface area contributed by atoms with Gasteiger partial charge in [-0.25, -0.2) is 4.79 Å². The van der Waals surface area contributed by atoms with Crippen LogP contribution >= 0.6 is 11.5 Å². The van der Waals surface area contributed by atoms with E-state index in [4.69, 9.17) is 0 Å². The number of carbonyl (C=O) groups excluding carboxylic acids is 2. The molecular weight excluding hydrogens is 154 g/mol. The van der Waals surface area contributed by atoms with Crippen molar-refractivity contribution in [3.05, 3.63) is 11.1 Å². The normalized spacial score (nSPS) is 8.40. The minimum atomic E-state index is -0.648. The molecule has 0 aliphatic rings. The number of carbonyl (C=O) groups is 1. The Morgan fingerprint density at radius 1 is 1.80 bits per heavy atom. The van der Waals surface area contributed by atoms with Gasteiger partial charge in [-0.15, -0.1) is 10.1 Å². The lowest BCUT2D eigenvalue weighted by atomic mass is 10.5. The number of hydrogen-bond acceptors (Lipinski definition) is 5. The second kappa shape index (κ2) is 2.95. The summed E-state index contributed by atoms with van der Waals surface area (Å²) < 4.78 is 3.41. The lowest BCUT2D eigenvalue weighted by molar-refractivity contribution is 0.101. The number of aromatic nitrogens is 2. The van der Waals surface area contributed by atoms with E-state index in [1.54, 1.807) is 0 Å². The fourth-order valence-electron chi connectivity index (χ4n) is 0.358. The molecule has 1 aromatic rings. The zero-order valence-electron chi connectivity index (χ0n) is 4.64. The molecular formula is C4HN3O2S. The van der Waals surface area contributed by atoms with E-state index in [2.05, 4.69) is 14.6 Å². The monoisotopic (exact) mass is 155 g/mol. The first kappa shape index (κ1) is 6.73. The predicted octanol–water partition coefficient (Wildman–Crippen LogP) is 0.0141. The zero-order valence-corrected chi connectivity index (χ0v) is 5.46. The van der Waals surface area contributed by atoms with Crippen LogP contribution in [-0.4, -0.2) is 21.6 Å². The Kier molecular flexibility index (Phi) is 1.99. The molecule has 10 heavy (non-hydrogen) atoms. The van der Waals surface area contributed by atoms with Crippen LogP contribution in [0.2, 0.25) is 0 Å². The Morgan fingerprint density at radius 2 is 2.60 bits per heavy atom. The highest BCUT2D eigenvalue weighted by atomic mass is 32.1. The lowest BCUT2D eigenvalue weighted by Gasteiger charge is -1.76. The van der Waals surface area contributed by atoms with Crippen molar-refractivity contribution in [1.29, 1.82) is 0 Å². The van der Waals surface area contributed by atoms with Gasteiger partial charge in [0.1, 0.15) is 4.88 Å². The molecule has 1 heterocycles. The van der Waals surface area contributed by atoms with Gasteiger partial charge in [0.25, 0.3) is 0 Å². The molecule has 1 amide bonds. The number of isocyanates is 1. The van der Waals surface area contributed by atoms with Gasteiger partial charge in [-0.05, 0) is 11.5 Å². The maximum absolute atomic E-state index is 10.6. The average molecular weight is 155 g/mol. The maximum Gasteiger partial charge on any atom is 0.301 e. The minimum Gasteiger partial charge on any atom is -0.265 e. The van der Waals surface area contributed by atoms with Gasteiger partial charge in [0, 0.05) is 0 Å². The largest absolute Gasteiger partial charge is 0.301 e. The van der Waals surface area contributed by atoms with Crippen molar-refractivity contribution >= 4 is 23.5 Å².